The van der Waals surface area contributed by atoms with E-state index in [9.17, 15) is 0 Å². The van der Waals surface area contributed by atoms with E-state index in [2.05, 4.69) is 31.2 Å². The first kappa shape index (κ1) is 21.7. The van der Waals surface area contributed by atoms with Gasteiger partial charge in [0.1, 0.15) is 5.75 Å². The molecule has 0 atom stereocenters. The molecule has 0 unspecified atom stereocenters. The summed E-state index contributed by atoms with van der Waals surface area (Å²) in [6.07, 6.45) is 20.6. The zero-order valence-electron chi connectivity index (χ0n) is 18.6. The second kappa shape index (κ2) is 11.9. The largest absolute Gasteiger partial charge is 0.494 e. The Morgan fingerprint density at radius 1 is 0.643 bits per heavy atom. The van der Waals surface area contributed by atoms with E-state index in [1.807, 2.05) is 6.92 Å². The van der Waals surface area contributed by atoms with Crippen LogP contribution in [0.2, 0.25) is 0 Å². The Morgan fingerprint density at radius 2 is 1.11 bits per heavy atom. The molecule has 0 aliphatic heterocycles. The predicted octanol–water partition coefficient (Wildman–Crippen LogP) is 8.21. The van der Waals surface area contributed by atoms with Gasteiger partial charge in [-0.15, -0.1) is 0 Å². The minimum absolute atomic E-state index is 0.753. The van der Waals surface area contributed by atoms with Crippen LogP contribution in [0.5, 0.6) is 5.75 Å². The molecule has 0 amide bonds. The van der Waals surface area contributed by atoms with Crippen LogP contribution in [0.4, 0.5) is 0 Å². The third kappa shape index (κ3) is 7.12. The van der Waals surface area contributed by atoms with Crippen molar-refractivity contribution in [2.45, 2.75) is 104 Å². The fraction of sp³-hybridized carbons (Fsp3) is 0.778. The van der Waals surface area contributed by atoms with E-state index in [0.717, 1.165) is 36.0 Å². The van der Waals surface area contributed by atoms with Gasteiger partial charge in [-0.05, 0) is 61.1 Å². The maximum Gasteiger partial charge on any atom is 0.119 e. The van der Waals surface area contributed by atoms with Crippen molar-refractivity contribution in [1.29, 1.82) is 0 Å². The lowest BCUT2D eigenvalue weighted by molar-refractivity contribution is 0.209. The molecule has 2 aliphatic rings. The van der Waals surface area contributed by atoms with Crippen molar-refractivity contribution in [2.75, 3.05) is 6.61 Å². The quantitative estimate of drug-likeness (QED) is 0.395. The average Bonchev–Trinajstić information content (AvgIpc) is 2.74. The smallest absolute Gasteiger partial charge is 0.119 e. The van der Waals surface area contributed by atoms with Gasteiger partial charge in [0.25, 0.3) is 0 Å². The van der Waals surface area contributed by atoms with Gasteiger partial charge >= 0.3 is 0 Å². The van der Waals surface area contributed by atoms with Crippen molar-refractivity contribution < 1.29 is 4.74 Å². The molecule has 1 aromatic rings. The molecule has 0 heterocycles. The van der Waals surface area contributed by atoms with E-state index in [1.165, 1.54) is 95.5 Å². The molecule has 0 radical (unpaired) electrons. The van der Waals surface area contributed by atoms with Crippen LogP contribution in [0.25, 0.3) is 0 Å². The second-order valence-electron chi connectivity index (χ2n) is 9.76. The van der Waals surface area contributed by atoms with Crippen LogP contribution in [-0.2, 0) is 6.42 Å². The number of rotatable bonds is 10. The Kier molecular flexibility index (Phi) is 9.22. The first-order valence-corrected chi connectivity index (χ1v) is 12.5. The van der Waals surface area contributed by atoms with Crippen molar-refractivity contribution in [3.8, 4) is 5.75 Å². The van der Waals surface area contributed by atoms with Gasteiger partial charge in [0, 0.05) is 0 Å². The number of hydrogen-bond acceptors (Lipinski definition) is 1. The van der Waals surface area contributed by atoms with Crippen LogP contribution in [0.3, 0.4) is 0 Å². The van der Waals surface area contributed by atoms with Gasteiger partial charge in [-0.1, -0.05) is 96.1 Å². The summed E-state index contributed by atoms with van der Waals surface area (Å²) < 4.78 is 5.55. The Balaban J connectivity index is 1.27. The summed E-state index contributed by atoms with van der Waals surface area (Å²) in [5.74, 6) is 5.13. The molecule has 1 nitrogen and oxygen atoms in total. The molecule has 0 N–H and O–H groups in total. The normalized spacial score (nSPS) is 28.2. The molecule has 2 saturated carbocycles. The SMILES string of the molecule is CCC[C@H]1CC[C@H](CC[C@H]2CC[C@H](CCc3ccc(OCC)cc3)CC2)CC1. The van der Waals surface area contributed by atoms with E-state index in [0.29, 0.717) is 0 Å². The zero-order valence-corrected chi connectivity index (χ0v) is 18.6. The van der Waals surface area contributed by atoms with Gasteiger partial charge in [-0.25, -0.2) is 0 Å². The summed E-state index contributed by atoms with van der Waals surface area (Å²) >= 11 is 0. The maximum atomic E-state index is 5.55. The van der Waals surface area contributed by atoms with Crippen LogP contribution in [0, 0.1) is 23.7 Å². The number of hydrogen-bond donors (Lipinski definition) is 0. The van der Waals surface area contributed by atoms with E-state index >= 15 is 0 Å². The molecular formula is C27H44O. The topological polar surface area (TPSA) is 9.23 Å². The molecule has 158 valence electrons. The Morgan fingerprint density at radius 3 is 1.57 bits per heavy atom. The Bertz CT molecular complexity index is 518. The highest BCUT2D eigenvalue weighted by Crippen LogP contribution is 2.38. The van der Waals surface area contributed by atoms with Gasteiger partial charge in [0.2, 0.25) is 0 Å². The van der Waals surface area contributed by atoms with Crippen LogP contribution < -0.4 is 4.74 Å². The van der Waals surface area contributed by atoms with Gasteiger partial charge in [0.15, 0.2) is 0 Å². The summed E-state index contributed by atoms with van der Waals surface area (Å²) in [6, 6.07) is 8.77. The predicted molar refractivity (Wildman–Crippen MR) is 121 cm³/mol. The molecule has 0 aromatic heterocycles. The minimum atomic E-state index is 0.753. The minimum Gasteiger partial charge on any atom is -0.494 e. The Hall–Kier alpha value is -0.980. The van der Waals surface area contributed by atoms with E-state index in [1.54, 1.807) is 0 Å². The van der Waals surface area contributed by atoms with Crippen LogP contribution in [0.15, 0.2) is 24.3 Å². The van der Waals surface area contributed by atoms with E-state index in [4.69, 9.17) is 4.74 Å². The summed E-state index contributed by atoms with van der Waals surface area (Å²) in [4.78, 5) is 0. The highest BCUT2D eigenvalue weighted by Gasteiger charge is 2.24. The number of ether oxygens (including phenoxy) is 1. The van der Waals surface area contributed by atoms with Crippen molar-refractivity contribution >= 4 is 0 Å². The Labute approximate surface area is 174 Å². The molecule has 1 aromatic carbocycles. The summed E-state index contributed by atoms with van der Waals surface area (Å²) in [6.45, 7) is 5.14. The highest BCUT2D eigenvalue weighted by molar-refractivity contribution is 5.27. The standard InChI is InChI=1S/C27H44O/c1-3-5-22-6-8-23(9-7-22)10-11-24-12-14-25(15-13-24)16-17-26-18-20-27(21-19-26)28-4-2/h18-25H,3-17H2,1-2H3/t22-,23-,24-,25-. The van der Waals surface area contributed by atoms with Crippen LogP contribution in [0.1, 0.15) is 103 Å². The summed E-state index contributed by atoms with van der Waals surface area (Å²) in [5, 5.41) is 0. The van der Waals surface area contributed by atoms with Gasteiger partial charge in [-0.3, -0.25) is 0 Å². The van der Waals surface area contributed by atoms with E-state index < -0.39 is 0 Å². The molecule has 1 heteroatoms. The lowest BCUT2D eigenvalue weighted by Gasteiger charge is -2.32. The monoisotopic (exact) mass is 384 g/mol. The molecule has 0 spiro atoms. The molecule has 2 fully saturated rings. The molecular weight excluding hydrogens is 340 g/mol. The van der Waals surface area contributed by atoms with Crippen molar-refractivity contribution in [3.05, 3.63) is 29.8 Å². The molecule has 28 heavy (non-hydrogen) atoms. The summed E-state index contributed by atoms with van der Waals surface area (Å²) in [5.41, 5.74) is 1.48. The number of aryl methyl sites for hydroxylation is 1. The first-order valence-electron chi connectivity index (χ1n) is 12.5. The third-order valence-electron chi connectivity index (χ3n) is 7.69. The first-order chi connectivity index (χ1) is 13.8. The molecule has 0 saturated heterocycles. The lowest BCUT2D eigenvalue weighted by Crippen LogP contribution is -2.18. The number of benzene rings is 1. The van der Waals surface area contributed by atoms with Gasteiger partial charge < -0.3 is 4.74 Å². The average molecular weight is 385 g/mol. The fourth-order valence-electron chi connectivity index (χ4n) is 5.79. The second-order valence-corrected chi connectivity index (χ2v) is 9.76. The third-order valence-corrected chi connectivity index (χ3v) is 7.69. The van der Waals surface area contributed by atoms with Crippen LogP contribution in [-0.4, -0.2) is 6.61 Å². The molecule has 2 aliphatic carbocycles. The van der Waals surface area contributed by atoms with Gasteiger partial charge in [-0.2, -0.15) is 0 Å². The van der Waals surface area contributed by atoms with Crippen LogP contribution >= 0.6 is 0 Å². The fourth-order valence-corrected chi connectivity index (χ4v) is 5.79. The molecule has 3 rings (SSSR count). The van der Waals surface area contributed by atoms with Gasteiger partial charge in [0.05, 0.1) is 6.61 Å². The van der Waals surface area contributed by atoms with Crippen molar-refractivity contribution in [2.24, 2.45) is 23.7 Å². The summed E-state index contributed by atoms with van der Waals surface area (Å²) in [7, 11) is 0. The van der Waals surface area contributed by atoms with Crippen molar-refractivity contribution in [3.63, 3.8) is 0 Å². The lowest BCUT2D eigenvalue weighted by atomic mass is 9.74. The van der Waals surface area contributed by atoms with Crippen molar-refractivity contribution in [1.82, 2.24) is 0 Å². The maximum absolute atomic E-state index is 5.55. The molecule has 0 bridgehead atoms. The van der Waals surface area contributed by atoms with E-state index in [-0.39, 0.29) is 0 Å². The highest BCUT2D eigenvalue weighted by atomic mass is 16.5. The zero-order chi connectivity index (χ0) is 19.6.